The van der Waals surface area contributed by atoms with Crippen LogP contribution in [-0.2, 0) is 0 Å². The molecule has 1 heterocycles. The van der Waals surface area contributed by atoms with Crippen molar-refractivity contribution < 1.29 is 0 Å². The van der Waals surface area contributed by atoms with Gasteiger partial charge in [0.25, 0.3) is 0 Å². The van der Waals surface area contributed by atoms with Gasteiger partial charge in [-0.2, -0.15) is 0 Å². The van der Waals surface area contributed by atoms with Gasteiger partial charge in [0, 0.05) is 11.6 Å². The number of aromatic nitrogens is 1. The lowest BCUT2D eigenvalue weighted by Crippen LogP contribution is -1.94. The summed E-state index contributed by atoms with van der Waals surface area (Å²) in [6.07, 6.45) is 11.0. The summed E-state index contributed by atoms with van der Waals surface area (Å²) in [5, 5.41) is 1.26. The van der Waals surface area contributed by atoms with Gasteiger partial charge in [-0.05, 0) is 85.2 Å². The molecule has 31 heavy (non-hydrogen) atoms. The maximum atomic E-state index is 4.66. The highest BCUT2D eigenvalue weighted by Crippen LogP contribution is 2.35. The molecule has 0 fully saturated rings. The largest absolute Gasteiger partial charge is 0.256 e. The highest BCUT2D eigenvalue weighted by molar-refractivity contribution is 6.00. The second kappa shape index (κ2) is 9.57. The fourth-order valence-electron chi connectivity index (χ4n) is 4.07. The fraction of sp³-hybridized carbons (Fsp3) is 0.167. The number of pyridine rings is 1. The van der Waals surface area contributed by atoms with E-state index >= 15 is 0 Å². The topological polar surface area (TPSA) is 12.9 Å². The second-order valence-corrected chi connectivity index (χ2v) is 8.15. The molecular weight excluding hydrogens is 374 g/mol. The first kappa shape index (κ1) is 20.8. The highest BCUT2D eigenvalue weighted by Gasteiger charge is 2.13. The lowest BCUT2D eigenvalue weighted by molar-refractivity contribution is 1.04. The molecule has 0 aliphatic heterocycles. The van der Waals surface area contributed by atoms with E-state index in [9.17, 15) is 0 Å². The number of benzene rings is 3. The summed E-state index contributed by atoms with van der Waals surface area (Å²) < 4.78 is 0. The Bertz CT molecular complexity index is 1250. The molecule has 0 spiro atoms. The Hall–Kier alpha value is -3.45. The van der Waals surface area contributed by atoms with E-state index in [2.05, 4.69) is 98.6 Å². The van der Waals surface area contributed by atoms with Crippen molar-refractivity contribution in [2.24, 2.45) is 0 Å². The van der Waals surface area contributed by atoms with E-state index in [1.807, 2.05) is 24.4 Å². The zero-order valence-corrected chi connectivity index (χ0v) is 18.6. The Labute approximate surface area is 185 Å². The van der Waals surface area contributed by atoms with Crippen LogP contribution in [-0.4, -0.2) is 4.98 Å². The molecule has 0 N–H and O–H groups in total. The van der Waals surface area contributed by atoms with Crippen molar-refractivity contribution in [1.29, 1.82) is 0 Å². The molecule has 0 atom stereocenters. The van der Waals surface area contributed by atoms with E-state index in [4.69, 9.17) is 0 Å². The number of allylic oxidation sites excluding steroid dienone is 4. The molecule has 1 aromatic heterocycles. The first-order chi connectivity index (χ1) is 15.1. The Kier molecular flexibility index (Phi) is 6.43. The normalized spacial score (nSPS) is 12.8. The Morgan fingerprint density at radius 3 is 2.16 bits per heavy atom. The molecule has 1 nitrogen and oxygen atoms in total. The van der Waals surface area contributed by atoms with Crippen LogP contribution in [0.15, 0.2) is 97.2 Å². The molecule has 5 rings (SSSR count). The third-order valence-corrected chi connectivity index (χ3v) is 5.75. The Morgan fingerprint density at radius 1 is 0.710 bits per heavy atom. The smallest absolute Gasteiger partial charge is 0.0717 e. The van der Waals surface area contributed by atoms with Gasteiger partial charge in [-0.25, -0.2) is 0 Å². The SMILES string of the molecule is Cc1ccccc1.Cc1ccccc1-c1cc(C2=CCCC=C2)cc2nccc(C)c12. The molecule has 0 saturated carbocycles. The van der Waals surface area contributed by atoms with Crippen molar-refractivity contribution in [1.82, 2.24) is 4.98 Å². The van der Waals surface area contributed by atoms with Crippen LogP contribution in [0.1, 0.15) is 35.1 Å². The summed E-state index contributed by atoms with van der Waals surface area (Å²) in [6.45, 7) is 6.44. The van der Waals surface area contributed by atoms with Gasteiger partial charge in [0.15, 0.2) is 0 Å². The van der Waals surface area contributed by atoms with Crippen molar-refractivity contribution >= 4 is 16.5 Å². The van der Waals surface area contributed by atoms with E-state index in [-0.39, 0.29) is 0 Å². The Morgan fingerprint density at radius 2 is 1.48 bits per heavy atom. The van der Waals surface area contributed by atoms with Gasteiger partial charge in [-0.3, -0.25) is 4.98 Å². The minimum absolute atomic E-state index is 1.07. The molecule has 1 heteroatoms. The van der Waals surface area contributed by atoms with Crippen LogP contribution in [0, 0.1) is 20.8 Å². The molecule has 154 valence electrons. The van der Waals surface area contributed by atoms with E-state index in [0.29, 0.717) is 0 Å². The first-order valence-electron chi connectivity index (χ1n) is 11.0. The van der Waals surface area contributed by atoms with Crippen molar-refractivity contribution in [2.75, 3.05) is 0 Å². The number of rotatable bonds is 2. The van der Waals surface area contributed by atoms with E-state index < -0.39 is 0 Å². The molecule has 3 aromatic carbocycles. The number of aryl methyl sites for hydroxylation is 3. The zero-order chi connectivity index (χ0) is 21.6. The molecule has 0 bridgehead atoms. The summed E-state index contributed by atoms with van der Waals surface area (Å²) >= 11 is 0. The lowest BCUT2D eigenvalue weighted by Gasteiger charge is -2.15. The molecule has 1 aliphatic carbocycles. The predicted octanol–water partition coefficient (Wildman–Crippen LogP) is 8.25. The summed E-state index contributed by atoms with van der Waals surface area (Å²) in [5.74, 6) is 0. The van der Waals surface area contributed by atoms with Crippen molar-refractivity contribution in [3.05, 3.63) is 119 Å². The molecule has 0 saturated heterocycles. The minimum atomic E-state index is 1.07. The molecule has 4 aromatic rings. The van der Waals surface area contributed by atoms with Gasteiger partial charge in [-0.1, -0.05) is 78.4 Å². The summed E-state index contributed by atoms with van der Waals surface area (Å²) in [6, 6.07) is 25.5. The van der Waals surface area contributed by atoms with Crippen LogP contribution in [0.4, 0.5) is 0 Å². The lowest BCUT2D eigenvalue weighted by atomic mass is 9.90. The van der Waals surface area contributed by atoms with Crippen molar-refractivity contribution in [3.63, 3.8) is 0 Å². The summed E-state index contributed by atoms with van der Waals surface area (Å²) in [7, 11) is 0. The van der Waals surface area contributed by atoms with Crippen molar-refractivity contribution in [2.45, 2.75) is 33.6 Å². The van der Waals surface area contributed by atoms with Gasteiger partial charge in [0.1, 0.15) is 0 Å². The Balaban J connectivity index is 0.000000282. The van der Waals surface area contributed by atoms with E-state index in [1.54, 1.807) is 0 Å². The number of nitrogens with zero attached hydrogens (tertiary/aromatic N) is 1. The molecule has 0 unspecified atom stereocenters. The number of hydrogen-bond acceptors (Lipinski definition) is 1. The van der Waals surface area contributed by atoms with Gasteiger partial charge in [-0.15, -0.1) is 0 Å². The van der Waals surface area contributed by atoms with Gasteiger partial charge in [0.05, 0.1) is 5.52 Å². The highest BCUT2D eigenvalue weighted by atomic mass is 14.6. The standard InChI is InChI=1S/C23H21N.C7H8/c1-16-8-6-7-11-20(16)21-14-19(18-9-4-3-5-10-18)15-22-23(21)17(2)12-13-24-22;1-7-5-3-2-4-6-7/h4,6-15H,3,5H2,1-2H3;2-6H,1H3. The zero-order valence-electron chi connectivity index (χ0n) is 18.6. The van der Waals surface area contributed by atoms with Crippen LogP contribution < -0.4 is 0 Å². The second-order valence-electron chi connectivity index (χ2n) is 8.15. The fourth-order valence-corrected chi connectivity index (χ4v) is 4.07. The van der Waals surface area contributed by atoms with Gasteiger partial charge < -0.3 is 0 Å². The molecular formula is C30H29N. The van der Waals surface area contributed by atoms with Crippen molar-refractivity contribution in [3.8, 4) is 11.1 Å². The first-order valence-corrected chi connectivity index (χ1v) is 11.0. The van der Waals surface area contributed by atoms with Gasteiger partial charge in [0.2, 0.25) is 0 Å². The molecule has 0 radical (unpaired) electrons. The van der Waals surface area contributed by atoms with Crippen LogP contribution in [0.3, 0.4) is 0 Å². The summed E-state index contributed by atoms with van der Waals surface area (Å²) in [5.41, 5.74) is 10.1. The van der Waals surface area contributed by atoms with E-state index in [1.165, 1.54) is 44.3 Å². The average molecular weight is 404 g/mol. The minimum Gasteiger partial charge on any atom is -0.256 e. The van der Waals surface area contributed by atoms with Crippen LogP contribution in [0.25, 0.3) is 27.6 Å². The third kappa shape index (κ3) is 4.83. The average Bonchev–Trinajstić information content (AvgIpc) is 2.80. The van der Waals surface area contributed by atoms with Crippen LogP contribution in [0.2, 0.25) is 0 Å². The molecule has 1 aliphatic rings. The monoisotopic (exact) mass is 403 g/mol. The quantitative estimate of drug-likeness (QED) is 0.328. The number of hydrogen-bond donors (Lipinski definition) is 0. The maximum Gasteiger partial charge on any atom is 0.0717 e. The third-order valence-electron chi connectivity index (χ3n) is 5.75. The summed E-state index contributed by atoms with van der Waals surface area (Å²) in [4.78, 5) is 4.66. The molecule has 0 amide bonds. The number of fused-ring (bicyclic) bond motifs is 1. The van der Waals surface area contributed by atoms with Gasteiger partial charge >= 0.3 is 0 Å². The maximum absolute atomic E-state index is 4.66. The van der Waals surface area contributed by atoms with E-state index in [0.717, 1.165) is 18.4 Å². The van der Waals surface area contributed by atoms with Crippen LogP contribution in [0.5, 0.6) is 0 Å². The predicted molar refractivity (Wildman–Crippen MR) is 134 cm³/mol. The van der Waals surface area contributed by atoms with Crippen LogP contribution >= 0.6 is 0 Å².